The molecule has 1 amide bonds. The van der Waals surface area contributed by atoms with Crippen LogP contribution in [0, 0.1) is 0 Å². The molecule has 4 heteroatoms. The van der Waals surface area contributed by atoms with Crippen molar-refractivity contribution in [2.75, 3.05) is 0 Å². The molecule has 1 atom stereocenters. The maximum atomic E-state index is 12.2. The quantitative estimate of drug-likeness (QED) is 0.878. The lowest BCUT2D eigenvalue weighted by atomic mass is 9.92. The summed E-state index contributed by atoms with van der Waals surface area (Å²) in [6.45, 7) is 2.24. The van der Waals surface area contributed by atoms with Gasteiger partial charge in [-0.1, -0.05) is 29.8 Å². The van der Waals surface area contributed by atoms with E-state index in [1.807, 2.05) is 30.3 Å². The number of ether oxygens (including phenoxy) is 1. The minimum atomic E-state index is -0.529. The van der Waals surface area contributed by atoms with Gasteiger partial charge in [0.1, 0.15) is 5.75 Å². The zero-order valence-corrected chi connectivity index (χ0v) is 14.6. The molecule has 1 N–H and O–H groups in total. The molecular formula is C20H22ClNO2. The van der Waals surface area contributed by atoms with E-state index in [4.69, 9.17) is 16.3 Å². The summed E-state index contributed by atoms with van der Waals surface area (Å²) in [6, 6.07) is 13.6. The van der Waals surface area contributed by atoms with Gasteiger partial charge in [0.25, 0.3) is 5.91 Å². The van der Waals surface area contributed by atoms with E-state index in [0.717, 1.165) is 24.2 Å². The van der Waals surface area contributed by atoms with E-state index >= 15 is 0 Å². The predicted molar refractivity (Wildman–Crippen MR) is 96.5 cm³/mol. The number of aryl methyl sites for hydroxylation is 2. The second kappa shape index (κ2) is 7.71. The molecule has 0 saturated heterocycles. The molecule has 0 aromatic heterocycles. The van der Waals surface area contributed by atoms with Crippen molar-refractivity contribution in [3.05, 3.63) is 64.2 Å². The Labute approximate surface area is 148 Å². The van der Waals surface area contributed by atoms with Crippen LogP contribution in [0.4, 0.5) is 0 Å². The largest absolute Gasteiger partial charge is 0.481 e. The zero-order valence-electron chi connectivity index (χ0n) is 13.8. The van der Waals surface area contributed by atoms with Crippen LogP contribution in [0.15, 0.2) is 42.5 Å². The van der Waals surface area contributed by atoms with Crippen LogP contribution in [0.1, 0.15) is 36.5 Å². The maximum Gasteiger partial charge on any atom is 0.261 e. The van der Waals surface area contributed by atoms with Crippen molar-refractivity contribution >= 4 is 17.5 Å². The third-order valence-corrected chi connectivity index (χ3v) is 4.63. The molecule has 1 aliphatic carbocycles. The van der Waals surface area contributed by atoms with Crippen LogP contribution in [0.2, 0.25) is 5.02 Å². The number of amides is 1. The van der Waals surface area contributed by atoms with Gasteiger partial charge in [-0.25, -0.2) is 0 Å². The highest BCUT2D eigenvalue weighted by Crippen LogP contribution is 2.25. The summed E-state index contributed by atoms with van der Waals surface area (Å²) in [4.78, 5) is 12.2. The lowest BCUT2D eigenvalue weighted by Gasteiger charge is -2.19. The summed E-state index contributed by atoms with van der Waals surface area (Å²) >= 11 is 5.86. The van der Waals surface area contributed by atoms with Crippen LogP contribution in [-0.4, -0.2) is 12.0 Å². The van der Waals surface area contributed by atoms with Gasteiger partial charge in [-0.3, -0.25) is 4.79 Å². The number of rotatable bonds is 5. The molecule has 0 radical (unpaired) electrons. The Morgan fingerprint density at radius 2 is 1.83 bits per heavy atom. The monoisotopic (exact) mass is 343 g/mol. The number of carbonyl (C=O) groups excluding carboxylic acids is 1. The van der Waals surface area contributed by atoms with Gasteiger partial charge in [0, 0.05) is 11.6 Å². The van der Waals surface area contributed by atoms with E-state index in [1.165, 1.54) is 24.0 Å². The first-order valence-electron chi connectivity index (χ1n) is 8.42. The van der Waals surface area contributed by atoms with Crippen molar-refractivity contribution in [3.63, 3.8) is 0 Å². The Balaban J connectivity index is 1.55. The van der Waals surface area contributed by atoms with Gasteiger partial charge >= 0.3 is 0 Å². The van der Waals surface area contributed by atoms with Crippen LogP contribution in [0.3, 0.4) is 0 Å². The van der Waals surface area contributed by atoms with Crippen molar-refractivity contribution in [2.24, 2.45) is 0 Å². The highest BCUT2D eigenvalue weighted by molar-refractivity contribution is 6.30. The van der Waals surface area contributed by atoms with E-state index in [0.29, 0.717) is 11.6 Å². The summed E-state index contributed by atoms with van der Waals surface area (Å²) in [7, 11) is 0. The SMILES string of the molecule is CC(Oc1ccc2c(c1)CCCC2)C(=O)NCc1ccc(Cl)cc1. The molecule has 126 valence electrons. The molecule has 0 saturated carbocycles. The summed E-state index contributed by atoms with van der Waals surface area (Å²) in [5.41, 5.74) is 3.77. The Bertz CT molecular complexity index is 712. The molecule has 0 aliphatic heterocycles. The fourth-order valence-corrected chi connectivity index (χ4v) is 3.10. The van der Waals surface area contributed by atoms with Gasteiger partial charge in [0.2, 0.25) is 0 Å². The third kappa shape index (κ3) is 4.30. The molecule has 3 rings (SSSR count). The standard InChI is InChI=1S/C20H22ClNO2/c1-14(20(23)22-13-15-6-9-18(21)10-7-15)24-19-11-8-16-4-2-3-5-17(16)12-19/h6-12,14H,2-5,13H2,1H3,(H,22,23). The fourth-order valence-electron chi connectivity index (χ4n) is 2.98. The molecular weight excluding hydrogens is 322 g/mol. The number of nitrogens with one attached hydrogen (secondary N) is 1. The van der Waals surface area contributed by atoms with Crippen LogP contribution in [0.25, 0.3) is 0 Å². The predicted octanol–water partition coefficient (Wildman–Crippen LogP) is 4.30. The zero-order chi connectivity index (χ0) is 16.9. The number of halogens is 1. The minimum Gasteiger partial charge on any atom is -0.481 e. The van der Waals surface area contributed by atoms with Gasteiger partial charge in [-0.05, 0) is 73.6 Å². The van der Waals surface area contributed by atoms with Crippen LogP contribution in [-0.2, 0) is 24.2 Å². The number of hydrogen-bond acceptors (Lipinski definition) is 2. The Morgan fingerprint density at radius 3 is 2.58 bits per heavy atom. The van der Waals surface area contributed by atoms with Crippen LogP contribution in [0.5, 0.6) is 5.75 Å². The van der Waals surface area contributed by atoms with E-state index in [2.05, 4.69) is 17.4 Å². The lowest BCUT2D eigenvalue weighted by molar-refractivity contribution is -0.127. The van der Waals surface area contributed by atoms with E-state index in [-0.39, 0.29) is 5.91 Å². The molecule has 1 unspecified atom stereocenters. The van der Waals surface area contributed by atoms with Crippen LogP contribution < -0.4 is 10.1 Å². The molecule has 0 spiro atoms. The van der Waals surface area contributed by atoms with Gasteiger partial charge in [0.05, 0.1) is 0 Å². The molecule has 0 heterocycles. The van der Waals surface area contributed by atoms with E-state index in [9.17, 15) is 4.79 Å². The number of hydrogen-bond donors (Lipinski definition) is 1. The topological polar surface area (TPSA) is 38.3 Å². The van der Waals surface area contributed by atoms with Crippen molar-refractivity contribution in [3.8, 4) is 5.75 Å². The molecule has 0 fully saturated rings. The van der Waals surface area contributed by atoms with Crippen molar-refractivity contribution < 1.29 is 9.53 Å². The van der Waals surface area contributed by atoms with E-state index < -0.39 is 6.10 Å². The number of benzene rings is 2. The first-order chi connectivity index (χ1) is 11.6. The first-order valence-corrected chi connectivity index (χ1v) is 8.80. The maximum absolute atomic E-state index is 12.2. The average molecular weight is 344 g/mol. The Morgan fingerprint density at radius 1 is 1.12 bits per heavy atom. The van der Waals surface area contributed by atoms with Gasteiger partial charge in [-0.2, -0.15) is 0 Å². The average Bonchev–Trinajstić information content (AvgIpc) is 2.61. The fraction of sp³-hybridized carbons (Fsp3) is 0.350. The van der Waals surface area contributed by atoms with Gasteiger partial charge < -0.3 is 10.1 Å². The number of carbonyl (C=O) groups is 1. The molecule has 2 aromatic carbocycles. The van der Waals surface area contributed by atoms with Crippen molar-refractivity contribution in [1.82, 2.24) is 5.32 Å². The minimum absolute atomic E-state index is 0.123. The first kappa shape index (κ1) is 16.8. The smallest absolute Gasteiger partial charge is 0.261 e. The number of fused-ring (bicyclic) bond motifs is 1. The summed E-state index contributed by atoms with van der Waals surface area (Å²) in [6.07, 6.45) is 4.21. The molecule has 0 bridgehead atoms. The summed E-state index contributed by atoms with van der Waals surface area (Å²) in [5.74, 6) is 0.646. The van der Waals surface area contributed by atoms with Crippen molar-refractivity contribution in [1.29, 1.82) is 0 Å². The highest BCUT2D eigenvalue weighted by atomic mass is 35.5. The second-order valence-corrected chi connectivity index (χ2v) is 6.68. The third-order valence-electron chi connectivity index (χ3n) is 4.38. The van der Waals surface area contributed by atoms with Crippen molar-refractivity contribution in [2.45, 2.75) is 45.3 Å². The highest BCUT2D eigenvalue weighted by Gasteiger charge is 2.16. The second-order valence-electron chi connectivity index (χ2n) is 6.24. The normalized spacial score (nSPS) is 14.6. The van der Waals surface area contributed by atoms with Crippen LogP contribution >= 0.6 is 11.6 Å². The summed E-state index contributed by atoms with van der Waals surface area (Å²) in [5, 5.41) is 3.58. The molecule has 2 aromatic rings. The Hall–Kier alpha value is -2.00. The summed E-state index contributed by atoms with van der Waals surface area (Å²) < 4.78 is 5.82. The molecule has 24 heavy (non-hydrogen) atoms. The van der Waals surface area contributed by atoms with Gasteiger partial charge in [0.15, 0.2) is 6.10 Å². The van der Waals surface area contributed by atoms with Gasteiger partial charge in [-0.15, -0.1) is 0 Å². The van der Waals surface area contributed by atoms with E-state index in [1.54, 1.807) is 6.92 Å². The lowest BCUT2D eigenvalue weighted by Crippen LogP contribution is -2.35. The Kier molecular flexibility index (Phi) is 5.41. The molecule has 1 aliphatic rings. The molecule has 3 nitrogen and oxygen atoms in total.